The van der Waals surface area contributed by atoms with Crippen LogP contribution in [0.25, 0.3) is 0 Å². The summed E-state index contributed by atoms with van der Waals surface area (Å²) in [6.07, 6.45) is 59.3. The topological polar surface area (TPSA) is 214 Å². The summed E-state index contributed by atoms with van der Waals surface area (Å²) in [5.74, 6) is -0.382. The van der Waals surface area contributed by atoms with E-state index in [-0.39, 0.29) is 25.6 Å². The van der Waals surface area contributed by atoms with Gasteiger partial charge in [0.05, 0.1) is 26.4 Å². The standard InChI is InChI=1S/C71H124O14/c1-3-5-7-9-11-13-15-17-19-21-23-25-27-29-31-33-35-37-39-41-43-45-47-49-51-53-55-80-57-60(58-81-70-69(79)67(77)65(75)62(85-70)59-82-71-68(78)66(76)64(74)61(56-72)84-71)83-63(73)54-52-50-48-46-44-42-40-38-36-34-32-30-28-26-24-22-20-18-16-14-12-10-8-6-4-2/h6,8,12,14-15,17-18,20-21,23-24,26,30,32,60-62,64-72,74-79H,3-5,7,9-11,13,16,19,22,25,27-29,31,33-59H2,1-2H3/b8-6-,14-12-,17-15-,20-18-,23-21-,26-24-,32-30-. The Hall–Kier alpha value is -2.83. The summed E-state index contributed by atoms with van der Waals surface area (Å²) in [6.45, 7) is 3.59. The zero-order valence-electron chi connectivity index (χ0n) is 53.3. The summed E-state index contributed by atoms with van der Waals surface area (Å²) in [4.78, 5) is 13.2. The molecule has 2 saturated heterocycles. The van der Waals surface area contributed by atoms with Crippen molar-refractivity contribution in [1.29, 1.82) is 0 Å². The van der Waals surface area contributed by atoms with Crippen molar-refractivity contribution in [2.24, 2.45) is 0 Å². The van der Waals surface area contributed by atoms with Crippen molar-refractivity contribution in [2.75, 3.05) is 33.0 Å². The summed E-state index contributed by atoms with van der Waals surface area (Å²) in [5.41, 5.74) is 0. The van der Waals surface area contributed by atoms with Crippen LogP contribution in [0.2, 0.25) is 0 Å². The molecule has 0 radical (unpaired) electrons. The molecule has 2 aliphatic heterocycles. The van der Waals surface area contributed by atoms with Gasteiger partial charge in [-0.15, -0.1) is 0 Å². The molecule has 2 heterocycles. The van der Waals surface area contributed by atoms with Crippen molar-refractivity contribution < 1.29 is 69.0 Å². The lowest BCUT2D eigenvalue weighted by Crippen LogP contribution is -2.61. The molecule has 0 amide bonds. The Morgan fingerprint density at radius 2 is 0.765 bits per heavy atom. The fourth-order valence-electron chi connectivity index (χ4n) is 10.5. The average molecular weight is 1200 g/mol. The first kappa shape index (κ1) is 78.3. The number of carbonyl (C=O) groups excluding carboxylic acids is 1. The Labute approximate surface area is 516 Å². The van der Waals surface area contributed by atoms with Gasteiger partial charge in [-0.1, -0.05) is 247 Å². The van der Waals surface area contributed by atoms with Gasteiger partial charge in [-0.25, -0.2) is 0 Å². The summed E-state index contributed by atoms with van der Waals surface area (Å²) in [6, 6.07) is 0. The van der Waals surface area contributed by atoms with Crippen molar-refractivity contribution in [3.63, 3.8) is 0 Å². The van der Waals surface area contributed by atoms with Gasteiger partial charge in [0, 0.05) is 13.0 Å². The van der Waals surface area contributed by atoms with Gasteiger partial charge in [-0.3, -0.25) is 4.79 Å². The molecule has 2 rings (SSSR count). The van der Waals surface area contributed by atoms with E-state index in [0.717, 1.165) is 83.5 Å². The van der Waals surface area contributed by atoms with E-state index in [1.807, 2.05) is 0 Å². The number of aliphatic hydroxyl groups excluding tert-OH is 7. The SMILES string of the molecule is CC/C=C\C/C=C\C/C=C\C/C=C\C/C=C\CCCCCCCCCCCC(=O)OC(COCCCCCCCCCCCCCCCC/C=C\C/C=C\CCCCCCC)COC1OC(COC2OC(CO)C(O)C(O)C2O)C(O)C(O)C1O. The van der Waals surface area contributed by atoms with Crippen LogP contribution in [0, 0.1) is 0 Å². The summed E-state index contributed by atoms with van der Waals surface area (Å²) >= 11 is 0. The quantitative estimate of drug-likeness (QED) is 0.0171. The molecule has 14 heteroatoms. The van der Waals surface area contributed by atoms with E-state index in [4.69, 9.17) is 28.4 Å². The van der Waals surface area contributed by atoms with E-state index in [1.165, 1.54) is 148 Å². The normalized spacial score (nSPS) is 23.7. The number of ether oxygens (including phenoxy) is 6. The van der Waals surface area contributed by atoms with Gasteiger partial charge in [-0.05, 0) is 89.9 Å². The molecule has 0 saturated carbocycles. The Bertz CT molecular complexity index is 1730. The third-order valence-electron chi connectivity index (χ3n) is 15.9. The van der Waals surface area contributed by atoms with Gasteiger partial charge in [-0.2, -0.15) is 0 Å². The second-order valence-electron chi connectivity index (χ2n) is 23.6. The Kier molecular flexibility index (Phi) is 51.9. The Balaban J connectivity index is 1.65. The van der Waals surface area contributed by atoms with E-state index in [1.54, 1.807) is 0 Å². The summed E-state index contributed by atoms with van der Waals surface area (Å²) in [7, 11) is 0. The molecule has 11 atom stereocenters. The zero-order valence-corrected chi connectivity index (χ0v) is 53.3. The van der Waals surface area contributed by atoms with E-state index in [0.29, 0.717) is 13.0 Å². The molecule has 0 aromatic heterocycles. The molecule has 11 unspecified atom stereocenters. The van der Waals surface area contributed by atoms with Crippen LogP contribution in [0.1, 0.15) is 258 Å². The maximum absolute atomic E-state index is 13.2. The van der Waals surface area contributed by atoms with Gasteiger partial charge in [0.1, 0.15) is 54.9 Å². The Morgan fingerprint density at radius 3 is 1.20 bits per heavy atom. The van der Waals surface area contributed by atoms with Crippen molar-refractivity contribution in [2.45, 2.75) is 325 Å². The molecular weight excluding hydrogens is 1080 g/mol. The van der Waals surface area contributed by atoms with E-state index in [2.05, 4.69) is 98.9 Å². The number of aliphatic hydroxyl groups is 7. The van der Waals surface area contributed by atoms with E-state index < -0.39 is 80.7 Å². The van der Waals surface area contributed by atoms with Crippen LogP contribution in [0.4, 0.5) is 0 Å². The van der Waals surface area contributed by atoms with Crippen molar-refractivity contribution in [1.82, 2.24) is 0 Å². The lowest BCUT2D eigenvalue weighted by molar-refractivity contribution is -0.332. The van der Waals surface area contributed by atoms with Crippen LogP contribution in [0.15, 0.2) is 85.1 Å². The highest BCUT2D eigenvalue weighted by Gasteiger charge is 2.47. The maximum atomic E-state index is 13.2. The van der Waals surface area contributed by atoms with Crippen molar-refractivity contribution in [3.8, 4) is 0 Å². The highest BCUT2D eigenvalue weighted by atomic mass is 16.7. The number of hydrogen-bond acceptors (Lipinski definition) is 14. The van der Waals surface area contributed by atoms with Crippen LogP contribution in [0.5, 0.6) is 0 Å². The Morgan fingerprint density at radius 1 is 0.400 bits per heavy atom. The number of carbonyl (C=O) groups is 1. The second-order valence-corrected chi connectivity index (χ2v) is 23.6. The lowest BCUT2D eigenvalue weighted by Gasteiger charge is -2.42. The minimum absolute atomic E-state index is 0.0560. The highest BCUT2D eigenvalue weighted by Crippen LogP contribution is 2.27. The van der Waals surface area contributed by atoms with Crippen LogP contribution >= 0.6 is 0 Å². The van der Waals surface area contributed by atoms with E-state index >= 15 is 0 Å². The molecule has 0 aliphatic carbocycles. The van der Waals surface area contributed by atoms with Gasteiger partial charge >= 0.3 is 5.97 Å². The fourth-order valence-corrected chi connectivity index (χ4v) is 10.5. The van der Waals surface area contributed by atoms with Crippen molar-refractivity contribution in [3.05, 3.63) is 85.1 Å². The molecule has 0 bridgehead atoms. The molecule has 2 fully saturated rings. The first-order valence-electron chi connectivity index (χ1n) is 34.2. The monoisotopic (exact) mass is 1200 g/mol. The number of allylic oxidation sites excluding steroid dienone is 14. The highest BCUT2D eigenvalue weighted by molar-refractivity contribution is 5.69. The molecule has 2 aliphatic rings. The molecule has 14 nitrogen and oxygen atoms in total. The number of rotatable bonds is 56. The lowest BCUT2D eigenvalue weighted by atomic mass is 9.98. The molecule has 7 N–H and O–H groups in total. The predicted octanol–water partition coefficient (Wildman–Crippen LogP) is 14.3. The maximum Gasteiger partial charge on any atom is 0.306 e. The molecule has 0 aromatic rings. The second kappa shape index (κ2) is 56.4. The largest absolute Gasteiger partial charge is 0.457 e. The third kappa shape index (κ3) is 41.9. The van der Waals surface area contributed by atoms with Crippen molar-refractivity contribution >= 4 is 5.97 Å². The zero-order chi connectivity index (χ0) is 61.5. The molecular formula is C71H124O14. The van der Waals surface area contributed by atoms with Crippen LogP contribution < -0.4 is 0 Å². The van der Waals surface area contributed by atoms with Crippen LogP contribution in [-0.2, 0) is 33.2 Å². The van der Waals surface area contributed by atoms with Crippen LogP contribution in [-0.4, -0.2) is 142 Å². The molecule has 492 valence electrons. The number of esters is 1. The van der Waals surface area contributed by atoms with Gasteiger partial charge in [0.15, 0.2) is 12.6 Å². The first-order chi connectivity index (χ1) is 41.6. The number of unbranched alkanes of at least 4 members (excludes halogenated alkanes) is 28. The molecule has 0 spiro atoms. The summed E-state index contributed by atoms with van der Waals surface area (Å²) < 4.78 is 34.5. The minimum Gasteiger partial charge on any atom is -0.457 e. The van der Waals surface area contributed by atoms with Gasteiger partial charge < -0.3 is 64.2 Å². The minimum atomic E-state index is -1.71. The predicted molar refractivity (Wildman–Crippen MR) is 344 cm³/mol. The first-order valence-corrected chi connectivity index (χ1v) is 34.2. The molecule has 0 aromatic carbocycles. The van der Waals surface area contributed by atoms with Gasteiger partial charge in [0.2, 0.25) is 0 Å². The number of hydrogen-bond donors (Lipinski definition) is 7. The average Bonchev–Trinajstić information content (AvgIpc) is 3.68. The summed E-state index contributed by atoms with van der Waals surface area (Å²) in [5, 5.41) is 72.6. The molecule has 85 heavy (non-hydrogen) atoms. The van der Waals surface area contributed by atoms with Gasteiger partial charge in [0.25, 0.3) is 0 Å². The fraction of sp³-hybridized carbons (Fsp3) is 0.789. The smallest absolute Gasteiger partial charge is 0.306 e. The third-order valence-corrected chi connectivity index (χ3v) is 15.9. The van der Waals surface area contributed by atoms with Crippen LogP contribution in [0.3, 0.4) is 0 Å². The van der Waals surface area contributed by atoms with E-state index in [9.17, 15) is 40.5 Å².